The Morgan fingerprint density at radius 3 is 2.39 bits per heavy atom. The van der Waals surface area contributed by atoms with Crippen LogP contribution in [-0.4, -0.2) is 46.4 Å². The molecule has 2 N–H and O–H groups in total. The summed E-state index contributed by atoms with van der Waals surface area (Å²) >= 11 is 0. The van der Waals surface area contributed by atoms with Crippen LogP contribution >= 0.6 is 0 Å². The first-order valence-corrected chi connectivity index (χ1v) is 11.5. The highest BCUT2D eigenvalue weighted by Crippen LogP contribution is 2.34. The fourth-order valence-corrected chi connectivity index (χ4v) is 4.17. The second-order valence-electron chi connectivity index (χ2n) is 8.85. The number of hydrogen-bond acceptors (Lipinski definition) is 6. The van der Waals surface area contributed by atoms with Crippen LogP contribution in [0.4, 0.5) is 5.69 Å². The lowest BCUT2D eigenvalue weighted by Gasteiger charge is -2.30. The van der Waals surface area contributed by atoms with Crippen molar-refractivity contribution >= 4 is 23.4 Å². The van der Waals surface area contributed by atoms with E-state index < -0.39 is 5.54 Å². The van der Waals surface area contributed by atoms with E-state index in [-0.39, 0.29) is 37.1 Å². The molecule has 1 fully saturated rings. The largest absolute Gasteiger partial charge is 0.343 e. The molecule has 33 heavy (non-hydrogen) atoms. The van der Waals surface area contributed by atoms with Crippen molar-refractivity contribution in [2.45, 2.75) is 70.8 Å². The molecule has 0 unspecified atom stereocenters. The molecule has 1 aliphatic rings. The summed E-state index contributed by atoms with van der Waals surface area (Å²) in [4.78, 5) is 42.5. The van der Waals surface area contributed by atoms with E-state index in [0.717, 1.165) is 44.1 Å². The third-order valence-corrected chi connectivity index (χ3v) is 5.96. The topological polar surface area (TPSA) is 117 Å². The summed E-state index contributed by atoms with van der Waals surface area (Å²) in [6.45, 7) is 3.42. The SMILES string of the molecule is CC(=O)NC1(c2noc(CCC(=O)N(C)CC(=O)Nc3ccc(C)cc3)n2)CCCCCC1. The number of rotatable bonds is 8. The minimum Gasteiger partial charge on any atom is -0.343 e. The molecule has 1 aromatic heterocycles. The van der Waals surface area contributed by atoms with E-state index in [9.17, 15) is 14.4 Å². The Hall–Kier alpha value is -3.23. The van der Waals surface area contributed by atoms with Crippen molar-refractivity contribution in [3.63, 3.8) is 0 Å². The van der Waals surface area contributed by atoms with Crippen molar-refractivity contribution in [3.8, 4) is 0 Å². The summed E-state index contributed by atoms with van der Waals surface area (Å²) in [5.74, 6) is 0.252. The molecule has 3 amide bonds. The molecule has 1 aliphatic carbocycles. The molecule has 9 nitrogen and oxygen atoms in total. The van der Waals surface area contributed by atoms with Gasteiger partial charge in [-0.25, -0.2) is 0 Å². The molecule has 0 spiro atoms. The van der Waals surface area contributed by atoms with Gasteiger partial charge in [0, 0.05) is 32.5 Å². The molecule has 0 aliphatic heterocycles. The van der Waals surface area contributed by atoms with Crippen LogP contribution < -0.4 is 10.6 Å². The monoisotopic (exact) mass is 455 g/mol. The summed E-state index contributed by atoms with van der Waals surface area (Å²) in [5, 5.41) is 9.98. The predicted octanol–water partition coefficient (Wildman–Crippen LogP) is 3.09. The van der Waals surface area contributed by atoms with Crippen molar-refractivity contribution in [1.82, 2.24) is 20.4 Å². The Balaban J connectivity index is 1.54. The molecule has 0 atom stereocenters. The molecule has 1 saturated carbocycles. The Morgan fingerprint density at radius 1 is 1.09 bits per heavy atom. The number of benzene rings is 1. The van der Waals surface area contributed by atoms with E-state index >= 15 is 0 Å². The summed E-state index contributed by atoms with van der Waals surface area (Å²) in [6.07, 6.45) is 6.15. The maximum Gasteiger partial charge on any atom is 0.243 e. The maximum absolute atomic E-state index is 12.5. The summed E-state index contributed by atoms with van der Waals surface area (Å²) in [6, 6.07) is 7.47. The van der Waals surface area contributed by atoms with Crippen molar-refractivity contribution in [2.75, 3.05) is 18.9 Å². The molecular formula is C24H33N5O4. The van der Waals surface area contributed by atoms with Gasteiger partial charge in [0.25, 0.3) is 0 Å². The molecule has 1 heterocycles. The Labute approximate surface area is 194 Å². The van der Waals surface area contributed by atoms with Gasteiger partial charge in [0.1, 0.15) is 5.54 Å². The number of anilines is 1. The zero-order valence-corrected chi connectivity index (χ0v) is 19.6. The summed E-state index contributed by atoms with van der Waals surface area (Å²) in [7, 11) is 1.59. The second-order valence-corrected chi connectivity index (χ2v) is 8.85. The highest BCUT2D eigenvalue weighted by Gasteiger charge is 2.38. The molecule has 9 heteroatoms. The molecule has 0 bridgehead atoms. The first-order valence-electron chi connectivity index (χ1n) is 11.5. The van der Waals surface area contributed by atoms with Crippen LogP contribution in [0.2, 0.25) is 0 Å². The van der Waals surface area contributed by atoms with E-state index in [1.807, 2.05) is 31.2 Å². The molecular weight excluding hydrogens is 422 g/mol. The maximum atomic E-state index is 12.5. The van der Waals surface area contributed by atoms with E-state index in [4.69, 9.17) is 4.52 Å². The summed E-state index contributed by atoms with van der Waals surface area (Å²) < 4.78 is 5.40. The van der Waals surface area contributed by atoms with Gasteiger partial charge in [-0.2, -0.15) is 4.98 Å². The lowest BCUT2D eigenvalue weighted by atomic mass is 9.89. The Kier molecular flexibility index (Phi) is 8.19. The predicted molar refractivity (Wildman–Crippen MR) is 123 cm³/mol. The third-order valence-electron chi connectivity index (χ3n) is 5.96. The normalized spacial score (nSPS) is 15.4. The standard InChI is InChI=1S/C24H33N5O4/c1-17-8-10-19(11-9-17)25-20(31)16-29(3)22(32)13-12-21-26-23(28-33-21)24(27-18(2)30)14-6-4-5-7-15-24/h8-11H,4-7,12-16H2,1-3H3,(H,25,31)(H,27,30). The van der Waals surface area contributed by atoms with Gasteiger partial charge in [-0.3, -0.25) is 14.4 Å². The highest BCUT2D eigenvalue weighted by molar-refractivity contribution is 5.94. The molecule has 0 radical (unpaired) electrons. The van der Waals surface area contributed by atoms with Gasteiger partial charge in [-0.15, -0.1) is 0 Å². The number of amides is 3. The van der Waals surface area contributed by atoms with Gasteiger partial charge >= 0.3 is 0 Å². The molecule has 2 aromatic rings. The van der Waals surface area contributed by atoms with E-state index in [0.29, 0.717) is 17.4 Å². The Morgan fingerprint density at radius 2 is 1.76 bits per heavy atom. The first-order chi connectivity index (χ1) is 15.8. The summed E-state index contributed by atoms with van der Waals surface area (Å²) in [5.41, 5.74) is 1.18. The highest BCUT2D eigenvalue weighted by atomic mass is 16.5. The molecule has 0 saturated heterocycles. The van der Waals surface area contributed by atoms with E-state index in [1.165, 1.54) is 11.8 Å². The minimum atomic E-state index is -0.612. The van der Waals surface area contributed by atoms with Crippen LogP contribution in [0.15, 0.2) is 28.8 Å². The second kappa shape index (κ2) is 11.1. The van der Waals surface area contributed by atoms with E-state index in [2.05, 4.69) is 20.8 Å². The quantitative estimate of drug-likeness (QED) is 0.591. The smallest absolute Gasteiger partial charge is 0.243 e. The van der Waals surface area contributed by atoms with Crippen LogP contribution in [0.25, 0.3) is 0 Å². The van der Waals surface area contributed by atoms with Gasteiger partial charge in [0.15, 0.2) is 5.82 Å². The van der Waals surface area contributed by atoms with Crippen molar-refractivity contribution in [3.05, 3.63) is 41.5 Å². The molecule has 178 valence electrons. The van der Waals surface area contributed by atoms with Crippen LogP contribution in [0.1, 0.15) is 69.1 Å². The number of nitrogens with zero attached hydrogens (tertiary/aromatic N) is 3. The van der Waals surface area contributed by atoms with Crippen LogP contribution in [0, 0.1) is 6.92 Å². The molecule has 3 rings (SSSR count). The zero-order chi connectivity index (χ0) is 23.8. The lowest BCUT2D eigenvalue weighted by molar-refractivity contribution is -0.133. The number of likely N-dealkylation sites (N-methyl/N-ethyl adjacent to an activating group) is 1. The fourth-order valence-electron chi connectivity index (χ4n) is 4.17. The minimum absolute atomic E-state index is 0.0482. The third kappa shape index (κ3) is 6.87. The van der Waals surface area contributed by atoms with Gasteiger partial charge in [-0.1, -0.05) is 48.5 Å². The number of carbonyl (C=O) groups is 3. The number of aryl methyl sites for hydroxylation is 2. The van der Waals surface area contributed by atoms with Crippen LogP contribution in [0.3, 0.4) is 0 Å². The van der Waals surface area contributed by atoms with Gasteiger partial charge < -0.3 is 20.1 Å². The number of hydrogen-bond donors (Lipinski definition) is 2. The number of nitrogens with one attached hydrogen (secondary N) is 2. The number of aromatic nitrogens is 2. The Bertz CT molecular complexity index is 961. The van der Waals surface area contributed by atoms with Crippen LogP contribution in [0.5, 0.6) is 0 Å². The average Bonchev–Trinajstić information content (AvgIpc) is 3.13. The van der Waals surface area contributed by atoms with Gasteiger partial charge in [0.2, 0.25) is 23.6 Å². The van der Waals surface area contributed by atoms with Crippen molar-refractivity contribution in [2.24, 2.45) is 0 Å². The van der Waals surface area contributed by atoms with Crippen molar-refractivity contribution < 1.29 is 18.9 Å². The van der Waals surface area contributed by atoms with Gasteiger partial charge in [-0.05, 0) is 31.9 Å². The molecule has 1 aromatic carbocycles. The first kappa shape index (κ1) is 24.4. The zero-order valence-electron chi connectivity index (χ0n) is 19.6. The van der Waals surface area contributed by atoms with Crippen LogP contribution in [-0.2, 0) is 26.3 Å². The fraction of sp³-hybridized carbons (Fsp3) is 0.542. The van der Waals surface area contributed by atoms with Gasteiger partial charge in [0.05, 0.1) is 6.54 Å². The van der Waals surface area contributed by atoms with Crippen molar-refractivity contribution in [1.29, 1.82) is 0 Å². The average molecular weight is 456 g/mol. The number of carbonyl (C=O) groups excluding carboxylic acids is 3. The lowest BCUT2D eigenvalue weighted by Crippen LogP contribution is -2.45. The van der Waals surface area contributed by atoms with E-state index in [1.54, 1.807) is 7.05 Å².